The summed E-state index contributed by atoms with van der Waals surface area (Å²) in [5, 5.41) is 202. The van der Waals surface area contributed by atoms with Gasteiger partial charge >= 0.3 is 0 Å². The highest BCUT2D eigenvalue weighted by Gasteiger charge is 2.58. The van der Waals surface area contributed by atoms with Crippen LogP contribution in [0.25, 0.3) is 0 Å². The molecule has 19 N–H and O–H groups in total. The minimum Gasteiger partial charge on any atom is -0.394 e. The van der Waals surface area contributed by atoms with Gasteiger partial charge < -0.3 is 149 Å². The van der Waals surface area contributed by atoms with E-state index in [1.165, 1.54) is 6.92 Å². The van der Waals surface area contributed by atoms with Gasteiger partial charge in [0, 0.05) is 0 Å². The molecule has 0 saturated carbocycles. The Hall–Kier alpha value is -1.20. The molecule has 6 saturated heterocycles. The van der Waals surface area contributed by atoms with Crippen molar-refractivity contribution in [1.29, 1.82) is 0 Å². The summed E-state index contributed by atoms with van der Waals surface area (Å²) in [6, 6.07) is 0. The molecule has 6 aliphatic rings. The molecule has 0 amide bonds. The van der Waals surface area contributed by atoms with Crippen molar-refractivity contribution in [1.82, 2.24) is 0 Å². The molecule has 0 aliphatic carbocycles. The van der Waals surface area contributed by atoms with Crippen LogP contribution in [0, 0.1) is 0 Å². The van der Waals surface area contributed by atoms with Crippen molar-refractivity contribution in [3.05, 3.63) is 0 Å². The summed E-state index contributed by atoms with van der Waals surface area (Å²) in [4.78, 5) is 0. The Morgan fingerprint density at radius 1 is 0.273 bits per heavy atom. The topological polar surface area (TPSA) is 486 Å². The number of aliphatic hydroxyl groups excluding tert-OH is 19. The molecule has 0 spiro atoms. The monoisotopic (exact) mass is 974 g/mol. The van der Waals surface area contributed by atoms with Crippen molar-refractivity contribution in [2.75, 3.05) is 33.0 Å². The van der Waals surface area contributed by atoms with Crippen LogP contribution >= 0.6 is 0 Å². The van der Waals surface area contributed by atoms with Gasteiger partial charge in [-0.15, -0.1) is 0 Å². The number of ether oxygens (including phenoxy) is 11. The lowest BCUT2D eigenvalue weighted by atomic mass is 9.95. The Morgan fingerprint density at radius 2 is 0.576 bits per heavy atom. The zero-order valence-electron chi connectivity index (χ0n) is 34.8. The lowest BCUT2D eigenvalue weighted by Gasteiger charge is -2.51. The molecular formula is C36H62O30. The van der Waals surface area contributed by atoms with Gasteiger partial charge in [-0.05, 0) is 6.92 Å². The fraction of sp³-hybridized carbons (Fsp3) is 1.00. The predicted octanol–water partition coefficient (Wildman–Crippen LogP) is -13.1. The first-order chi connectivity index (χ1) is 31.2. The second kappa shape index (κ2) is 22.9. The number of aliphatic hydroxyl groups is 19. The maximum atomic E-state index is 11.7. The van der Waals surface area contributed by atoms with Gasteiger partial charge in [-0.25, -0.2) is 0 Å². The van der Waals surface area contributed by atoms with E-state index in [2.05, 4.69) is 0 Å². The van der Waals surface area contributed by atoms with Gasteiger partial charge in [0.2, 0.25) is 0 Å². The van der Waals surface area contributed by atoms with Crippen LogP contribution in [-0.4, -0.2) is 314 Å². The molecule has 0 bridgehead atoms. The third-order valence-corrected chi connectivity index (χ3v) is 12.4. The van der Waals surface area contributed by atoms with Crippen molar-refractivity contribution in [2.24, 2.45) is 0 Å². The van der Waals surface area contributed by atoms with E-state index in [1.807, 2.05) is 0 Å². The van der Waals surface area contributed by atoms with E-state index in [-0.39, 0.29) is 0 Å². The average molecular weight is 975 g/mol. The van der Waals surface area contributed by atoms with Gasteiger partial charge in [0.15, 0.2) is 37.7 Å². The number of hydrogen-bond acceptors (Lipinski definition) is 30. The minimum atomic E-state index is -2.26. The fourth-order valence-corrected chi connectivity index (χ4v) is 8.41. The molecule has 0 radical (unpaired) electrons. The van der Waals surface area contributed by atoms with Gasteiger partial charge in [0.05, 0.1) is 39.1 Å². The van der Waals surface area contributed by atoms with Gasteiger partial charge in [-0.2, -0.15) is 0 Å². The smallest absolute Gasteiger partial charge is 0.187 e. The Morgan fingerprint density at radius 3 is 1.03 bits per heavy atom. The van der Waals surface area contributed by atoms with Crippen LogP contribution in [0.5, 0.6) is 0 Å². The molecule has 0 aromatic carbocycles. The van der Waals surface area contributed by atoms with Crippen LogP contribution in [0.1, 0.15) is 6.92 Å². The number of hydrogen-bond donors (Lipinski definition) is 19. The second-order valence-electron chi connectivity index (χ2n) is 16.7. The van der Waals surface area contributed by atoms with E-state index in [4.69, 9.17) is 52.1 Å². The average Bonchev–Trinajstić information content (AvgIpc) is 3.30. The van der Waals surface area contributed by atoms with Gasteiger partial charge in [-0.1, -0.05) is 0 Å². The summed E-state index contributed by atoms with van der Waals surface area (Å²) >= 11 is 0. The van der Waals surface area contributed by atoms with Crippen LogP contribution in [0.4, 0.5) is 0 Å². The third-order valence-electron chi connectivity index (χ3n) is 12.4. The van der Waals surface area contributed by atoms with E-state index in [1.54, 1.807) is 0 Å². The first-order valence-corrected chi connectivity index (χ1v) is 21.0. The quantitative estimate of drug-likeness (QED) is 0.0724. The maximum Gasteiger partial charge on any atom is 0.187 e. The predicted molar refractivity (Wildman–Crippen MR) is 198 cm³/mol. The van der Waals surface area contributed by atoms with Crippen LogP contribution in [0.2, 0.25) is 0 Å². The molecular weight excluding hydrogens is 912 g/mol. The van der Waals surface area contributed by atoms with Crippen LogP contribution < -0.4 is 0 Å². The molecule has 30 heteroatoms. The molecule has 6 heterocycles. The Labute approximate surface area is 373 Å². The van der Waals surface area contributed by atoms with Crippen LogP contribution in [-0.2, 0) is 52.1 Å². The zero-order chi connectivity index (χ0) is 48.6. The summed E-state index contributed by atoms with van der Waals surface area (Å²) < 4.78 is 61.9. The SMILES string of the molecule is CC1O[C@@H](O[C@@H]2C(O)[C@H](O)OC(CO)[C@H]2O)C(O)[C@@H](O[C@@H]2OC(CO)[C@@H](O)[C@H](O[C@@H]3OC(CO)[C@@H](O)[C@H](O[C@@H]4OC(CO)[C@@H](O)[C@H](O)C4O)C3O[C@H]3OC(CO)[C@@H](O)[C@H](O)C3O)C2O)[C@H]1O. The minimum absolute atomic E-state index is 0.836. The molecule has 6 aliphatic heterocycles. The van der Waals surface area contributed by atoms with Crippen molar-refractivity contribution < 1.29 is 149 Å². The zero-order valence-corrected chi connectivity index (χ0v) is 34.8. The highest BCUT2D eigenvalue weighted by Crippen LogP contribution is 2.38. The molecule has 0 aromatic heterocycles. The van der Waals surface area contributed by atoms with E-state index in [0.29, 0.717) is 0 Å². The summed E-state index contributed by atoms with van der Waals surface area (Å²) in [5.74, 6) is 0. The lowest BCUT2D eigenvalue weighted by molar-refractivity contribution is -0.410. The van der Waals surface area contributed by atoms with E-state index >= 15 is 0 Å². The highest BCUT2D eigenvalue weighted by molar-refractivity contribution is 5.00. The highest BCUT2D eigenvalue weighted by atomic mass is 16.8. The Balaban J connectivity index is 1.29. The standard InChI is InChI=1S/C36H62O30/c1-7-13(42)26(24(53)34(56-7)63-27-16(45)10(4-39)57-31(55)23(27)52)62-35-25(54)28(17(46)11(5-40)60-35)64-36-30(66-33-22(51)20(49)15(44)9(3-38)59-33)29(18(47)12(6-41)61-36)65-32-21(50)19(48)14(43)8(2-37)58-32/h7-55H,2-6H2,1H3/t7?,8?,9?,10?,11?,12?,13-,14+,15+,16+,17+,18+,19-,20-,21?,22?,23?,24?,25?,26-,27-,28-,29-,30?,31+,32-,33+,34-,35-,36-/m0/s1. The summed E-state index contributed by atoms with van der Waals surface area (Å²) in [7, 11) is 0. The normalized spacial score (nSPS) is 54.0. The van der Waals surface area contributed by atoms with Crippen LogP contribution in [0.15, 0.2) is 0 Å². The number of rotatable bonds is 15. The van der Waals surface area contributed by atoms with Gasteiger partial charge in [0.25, 0.3) is 0 Å². The van der Waals surface area contributed by atoms with Gasteiger partial charge in [0.1, 0.15) is 140 Å². The van der Waals surface area contributed by atoms with Crippen molar-refractivity contribution in [3.8, 4) is 0 Å². The second-order valence-corrected chi connectivity index (χ2v) is 16.7. The molecule has 6 fully saturated rings. The molecule has 386 valence electrons. The first-order valence-electron chi connectivity index (χ1n) is 21.0. The molecule has 6 rings (SSSR count). The lowest BCUT2D eigenvalue weighted by Crippen LogP contribution is -2.69. The largest absolute Gasteiger partial charge is 0.394 e. The summed E-state index contributed by atoms with van der Waals surface area (Å²) in [6.45, 7) is -3.55. The van der Waals surface area contributed by atoms with Crippen molar-refractivity contribution >= 4 is 0 Å². The van der Waals surface area contributed by atoms with E-state index < -0.39 is 217 Å². The summed E-state index contributed by atoms with van der Waals surface area (Å²) in [6.07, 6.45) is -58.0. The maximum absolute atomic E-state index is 11.7. The van der Waals surface area contributed by atoms with Crippen LogP contribution in [0.3, 0.4) is 0 Å². The Bertz CT molecular complexity index is 1490. The van der Waals surface area contributed by atoms with Crippen molar-refractivity contribution in [2.45, 2.75) is 191 Å². The molecule has 12 unspecified atom stereocenters. The molecule has 30 nitrogen and oxygen atoms in total. The van der Waals surface area contributed by atoms with Gasteiger partial charge in [-0.3, -0.25) is 0 Å². The molecule has 66 heavy (non-hydrogen) atoms. The van der Waals surface area contributed by atoms with E-state index in [0.717, 1.165) is 0 Å². The van der Waals surface area contributed by atoms with E-state index in [9.17, 15) is 97.0 Å². The molecule has 30 atom stereocenters. The first kappa shape index (κ1) is 54.1. The third kappa shape index (κ3) is 10.8. The molecule has 0 aromatic rings. The van der Waals surface area contributed by atoms with Crippen molar-refractivity contribution in [3.63, 3.8) is 0 Å². The fourth-order valence-electron chi connectivity index (χ4n) is 8.41. The summed E-state index contributed by atoms with van der Waals surface area (Å²) in [5.41, 5.74) is 0. The Kier molecular flexibility index (Phi) is 18.8.